The molecule has 21 heavy (non-hydrogen) atoms. The first-order chi connectivity index (χ1) is 10.0. The second-order valence-corrected chi connectivity index (χ2v) is 4.38. The largest absolute Gasteiger partial charge is 0.484 e. The van der Waals surface area contributed by atoms with Crippen LogP contribution in [0.25, 0.3) is 0 Å². The average molecular weight is 291 g/mol. The zero-order valence-corrected chi connectivity index (χ0v) is 11.6. The van der Waals surface area contributed by atoms with Gasteiger partial charge in [0.2, 0.25) is 0 Å². The quantitative estimate of drug-likeness (QED) is 0.676. The van der Waals surface area contributed by atoms with Gasteiger partial charge in [0.25, 0.3) is 5.69 Å². The number of nitro groups is 1. The Bertz CT molecular complexity index is 677. The number of aryl methyl sites for hydroxylation is 1. The van der Waals surface area contributed by atoms with Gasteiger partial charge in [-0.25, -0.2) is 9.37 Å². The molecule has 0 aliphatic carbocycles. The summed E-state index contributed by atoms with van der Waals surface area (Å²) in [5.74, 6) is -0.122. The Hall–Kier alpha value is -2.70. The molecule has 1 aromatic heterocycles. The van der Waals surface area contributed by atoms with E-state index in [0.29, 0.717) is 17.1 Å². The number of anilines is 1. The summed E-state index contributed by atoms with van der Waals surface area (Å²) in [6, 6.07) is 7.52. The van der Waals surface area contributed by atoms with Crippen LogP contribution in [-0.2, 0) is 6.61 Å². The highest BCUT2D eigenvalue weighted by atomic mass is 19.1. The Labute approximate surface area is 120 Å². The first-order valence-electron chi connectivity index (χ1n) is 6.22. The number of benzene rings is 1. The summed E-state index contributed by atoms with van der Waals surface area (Å²) in [6.07, 6.45) is 0. The van der Waals surface area contributed by atoms with Gasteiger partial charge in [0.1, 0.15) is 12.4 Å². The third-order valence-corrected chi connectivity index (χ3v) is 2.89. The molecule has 6 nitrogen and oxygen atoms in total. The van der Waals surface area contributed by atoms with Crippen LogP contribution in [0.4, 0.5) is 15.9 Å². The van der Waals surface area contributed by atoms with Crippen LogP contribution in [0.3, 0.4) is 0 Å². The van der Waals surface area contributed by atoms with E-state index < -0.39 is 10.7 Å². The molecule has 0 amide bonds. The standard InChI is InChI=1S/C14H14FN3O3/c1-9-6-13(11(15)7-12(9)18(19)20)21-8-10-4-3-5-14(16-2)17-10/h3-7H,8H2,1-2H3,(H,16,17). The lowest BCUT2D eigenvalue weighted by molar-refractivity contribution is -0.385. The molecule has 0 spiro atoms. The van der Waals surface area contributed by atoms with Gasteiger partial charge in [-0.3, -0.25) is 10.1 Å². The minimum atomic E-state index is -0.767. The van der Waals surface area contributed by atoms with Crippen molar-refractivity contribution < 1.29 is 14.1 Å². The Morgan fingerprint density at radius 2 is 2.19 bits per heavy atom. The van der Waals surface area contributed by atoms with E-state index in [1.807, 2.05) is 0 Å². The van der Waals surface area contributed by atoms with Gasteiger partial charge in [-0.05, 0) is 25.1 Å². The molecule has 0 radical (unpaired) electrons. The number of nitrogens with zero attached hydrogens (tertiary/aromatic N) is 2. The Morgan fingerprint density at radius 3 is 2.86 bits per heavy atom. The molecular weight excluding hydrogens is 277 g/mol. The lowest BCUT2D eigenvalue weighted by Gasteiger charge is -2.09. The van der Waals surface area contributed by atoms with Gasteiger partial charge in [-0.15, -0.1) is 0 Å². The van der Waals surface area contributed by atoms with E-state index in [-0.39, 0.29) is 18.0 Å². The van der Waals surface area contributed by atoms with E-state index in [1.54, 1.807) is 25.2 Å². The first kappa shape index (κ1) is 14.7. The minimum absolute atomic E-state index is 0.0326. The monoisotopic (exact) mass is 291 g/mol. The van der Waals surface area contributed by atoms with Crippen molar-refractivity contribution in [3.63, 3.8) is 0 Å². The van der Waals surface area contributed by atoms with Crippen molar-refractivity contribution in [2.45, 2.75) is 13.5 Å². The van der Waals surface area contributed by atoms with Gasteiger partial charge in [-0.1, -0.05) is 6.07 Å². The summed E-state index contributed by atoms with van der Waals surface area (Å²) in [7, 11) is 1.74. The summed E-state index contributed by atoms with van der Waals surface area (Å²) < 4.78 is 19.1. The number of hydrogen-bond acceptors (Lipinski definition) is 5. The van der Waals surface area contributed by atoms with Crippen LogP contribution in [-0.4, -0.2) is 17.0 Å². The second-order valence-electron chi connectivity index (χ2n) is 4.38. The van der Waals surface area contributed by atoms with Crippen LogP contribution >= 0.6 is 0 Å². The molecule has 1 heterocycles. The highest BCUT2D eigenvalue weighted by Crippen LogP contribution is 2.27. The maximum atomic E-state index is 13.8. The van der Waals surface area contributed by atoms with Gasteiger partial charge in [-0.2, -0.15) is 0 Å². The summed E-state index contributed by atoms with van der Waals surface area (Å²) in [5, 5.41) is 13.6. The number of nitro benzene ring substituents is 1. The molecule has 0 bridgehead atoms. The van der Waals surface area contributed by atoms with Crippen LogP contribution in [0.5, 0.6) is 5.75 Å². The molecule has 2 rings (SSSR count). The highest BCUT2D eigenvalue weighted by Gasteiger charge is 2.16. The Kier molecular flexibility index (Phi) is 4.32. The highest BCUT2D eigenvalue weighted by molar-refractivity contribution is 5.45. The summed E-state index contributed by atoms with van der Waals surface area (Å²) in [6.45, 7) is 1.61. The van der Waals surface area contributed by atoms with Crippen LogP contribution in [0.15, 0.2) is 30.3 Å². The van der Waals surface area contributed by atoms with Crippen molar-refractivity contribution in [1.29, 1.82) is 0 Å². The number of hydrogen-bond donors (Lipinski definition) is 1. The fourth-order valence-corrected chi connectivity index (χ4v) is 1.80. The number of ether oxygens (including phenoxy) is 1. The van der Waals surface area contributed by atoms with Crippen molar-refractivity contribution in [2.75, 3.05) is 12.4 Å². The molecule has 0 atom stereocenters. The number of halogens is 1. The molecule has 0 aliphatic heterocycles. The number of rotatable bonds is 5. The summed E-state index contributed by atoms with van der Waals surface area (Å²) in [5.41, 5.74) is 0.695. The molecule has 7 heteroatoms. The van der Waals surface area contributed by atoms with Crippen LogP contribution in [0.1, 0.15) is 11.3 Å². The van der Waals surface area contributed by atoms with Gasteiger partial charge >= 0.3 is 0 Å². The summed E-state index contributed by atoms with van der Waals surface area (Å²) >= 11 is 0. The first-order valence-corrected chi connectivity index (χ1v) is 6.22. The van der Waals surface area contributed by atoms with Crippen molar-refractivity contribution in [3.8, 4) is 5.75 Å². The fourth-order valence-electron chi connectivity index (χ4n) is 1.80. The molecule has 0 saturated carbocycles. The van der Waals surface area contributed by atoms with E-state index in [9.17, 15) is 14.5 Å². The van der Waals surface area contributed by atoms with Crippen LogP contribution in [0.2, 0.25) is 0 Å². The lowest BCUT2D eigenvalue weighted by Crippen LogP contribution is -2.03. The fraction of sp³-hybridized carbons (Fsp3) is 0.214. The van der Waals surface area contributed by atoms with Gasteiger partial charge < -0.3 is 10.1 Å². The Balaban J connectivity index is 2.16. The van der Waals surface area contributed by atoms with E-state index in [2.05, 4.69) is 10.3 Å². The number of pyridine rings is 1. The third kappa shape index (κ3) is 3.44. The van der Waals surface area contributed by atoms with Crippen molar-refractivity contribution in [2.24, 2.45) is 0 Å². The predicted molar refractivity (Wildman–Crippen MR) is 75.9 cm³/mol. The molecule has 0 saturated heterocycles. The smallest absolute Gasteiger partial charge is 0.275 e. The van der Waals surface area contributed by atoms with E-state index in [4.69, 9.17) is 4.74 Å². The predicted octanol–water partition coefficient (Wildman–Crippen LogP) is 3.06. The molecule has 0 aliphatic rings. The molecular formula is C14H14FN3O3. The number of aromatic nitrogens is 1. The molecule has 0 unspecified atom stereocenters. The third-order valence-electron chi connectivity index (χ3n) is 2.89. The number of nitrogens with one attached hydrogen (secondary N) is 1. The van der Waals surface area contributed by atoms with Crippen molar-refractivity contribution in [1.82, 2.24) is 4.98 Å². The molecule has 1 aromatic carbocycles. The van der Waals surface area contributed by atoms with Gasteiger partial charge in [0.15, 0.2) is 11.6 Å². The molecule has 1 N–H and O–H groups in total. The minimum Gasteiger partial charge on any atom is -0.484 e. The second kappa shape index (κ2) is 6.17. The van der Waals surface area contributed by atoms with Crippen LogP contribution < -0.4 is 10.1 Å². The zero-order chi connectivity index (χ0) is 15.4. The zero-order valence-electron chi connectivity index (χ0n) is 11.6. The molecule has 0 fully saturated rings. The lowest BCUT2D eigenvalue weighted by atomic mass is 10.2. The van der Waals surface area contributed by atoms with Crippen LogP contribution in [0, 0.1) is 22.9 Å². The van der Waals surface area contributed by atoms with Gasteiger partial charge in [0.05, 0.1) is 16.7 Å². The Morgan fingerprint density at radius 1 is 1.43 bits per heavy atom. The average Bonchev–Trinajstić information content (AvgIpc) is 2.47. The molecule has 2 aromatic rings. The normalized spacial score (nSPS) is 10.2. The van der Waals surface area contributed by atoms with E-state index >= 15 is 0 Å². The maximum Gasteiger partial charge on any atom is 0.275 e. The summed E-state index contributed by atoms with van der Waals surface area (Å²) in [4.78, 5) is 14.3. The van der Waals surface area contributed by atoms with E-state index in [0.717, 1.165) is 6.07 Å². The van der Waals surface area contributed by atoms with Gasteiger partial charge in [0, 0.05) is 12.6 Å². The molecule has 110 valence electrons. The van der Waals surface area contributed by atoms with E-state index in [1.165, 1.54) is 13.0 Å². The van der Waals surface area contributed by atoms with Crippen molar-refractivity contribution in [3.05, 3.63) is 57.5 Å². The van der Waals surface area contributed by atoms with Crippen molar-refractivity contribution >= 4 is 11.5 Å². The SMILES string of the molecule is CNc1cccc(COc2cc(C)c([N+](=O)[O-])cc2F)n1. The maximum absolute atomic E-state index is 13.8. The topological polar surface area (TPSA) is 77.3 Å².